The molecule has 0 saturated carbocycles. The highest BCUT2D eigenvalue weighted by atomic mass is 16.5. The number of hydrogen-bond acceptors (Lipinski definition) is 2. The maximum Gasteiger partial charge on any atom is 0.127 e. The van der Waals surface area contributed by atoms with Gasteiger partial charge in [0.25, 0.3) is 0 Å². The molecule has 0 aliphatic heterocycles. The Balaban J connectivity index is 2.03. The summed E-state index contributed by atoms with van der Waals surface area (Å²) in [5.41, 5.74) is 1.12. The molecule has 2 rings (SSSR count). The third-order valence-electron chi connectivity index (χ3n) is 2.46. The Hall–Kier alpha value is -1.80. The minimum Gasteiger partial charge on any atom is -0.457 e. The van der Waals surface area contributed by atoms with Crippen molar-refractivity contribution in [1.29, 1.82) is 0 Å². The Kier molecular flexibility index (Phi) is 4.37. The fourth-order valence-corrected chi connectivity index (χ4v) is 1.59. The van der Waals surface area contributed by atoms with E-state index in [1.807, 2.05) is 68.4 Å². The summed E-state index contributed by atoms with van der Waals surface area (Å²) in [5, 5.41) is 0. The SMILES string of the molecule is CC(C)OCc1cccc(Oc2ccccc2)c1. The van der Waals surface area contributed by atoms with Gasteiger partial charge in [-0.3, -0.25) is 0 Å². The normalized spacial score (nSPS) is 10.6. The molecule has 0 aliphatic carbocycles. The minimum absolute atomic E-state index is 0.240. The predicted octanol–water partition coefficient (Wildman–Crippen LogP) is 4.40. The number of rotatable bonds is 5. The van der Waals surface area contributed by atoms with E-state index in [2.05, 4.69) is 0 Å². The highest BCUT2D eigenvalue weighted by Gasteiger charge is 2.00. The summed E-state index contributed by atoms with van der Waals surface area (Å²) in [6, 6.07) is 17.8. The van der Waals surface area contributed by atoms with Crippen LogP contribution < -0.4 is 4.74 Å². The Morgan fingerprint density at radius 3 is 2.33 bits per heavy atom. The summed E-state index contributed by atoms with van der Waals surface area (Å²) in [6.45, 7) is 4.68. The van der Waals surface area contributed by atoms with Gasteiger partial charge in [-0.25, -0.2) is 0 Å². The minimum atomic E-state index is 0.240. The van der Waals surface area contributed by atoms with Crippen LogP contribution >= 0.6 is 0 Å². The Labute approximate surface area is 108 Å². The zero-order valence-corrected chi connectivity index (χ0v) is 10.8. The lowest BCUT2D eigenvalue weighted by molar-refractivity contribution is 0.0656. The summed E-state index contributed by atoms with van der Waals surface area (Å²) in [4.78, 5) is 0. The molecule has 0 aliphatic rings. The molecule has 0 heterocycles. The van der Waals surface area contributed by atoms with Crippen LogP contribution in [0.1, 0.15) is 19.4 Å². The summed E-state index contributed by atoms with van der Waals surface area (Å²) in [7, 11) is 0. The molecular formula is C16H18O2. The fraction of sp³-hybridized carbons (Fsp3) is 0.250. The van der Waals surface area contributed by atoms with E-state index in [4.69, 9.17) is 9.47 Å². The van der Waals surface area contributed by atoms with E-state index in [-0.39, 0.29) is 6.10 Å². The molecule has 0 saturated heterocycles. The van der Waals surface area contributed by atoms with E-state index < -0.39 is 0 Å². The molecule has 2 heteroatoms. The van der Waals surface area contributed by atoms with E-state index in [1.165, 1.54) is 0 Å². The van der Waals surface area contributed by atoms with Crippen molar-refractivity contribution in [3.05, 3.63) is 60.2 Å². The Morgan fingerprint density at radius 1 is 0.889 bits per heavy atom. The van der Waals surface area contributed by atoms with Crippen LogP contribution in [0.15, 0.2) is 54.6 Å². The third-order valence-corrected chi connectivity index (χ3v) is 2.46. The molecule has 0 amide bonds. The van der Waals surface area contributed by atoms with Gasteiger partial charge in [-0.1, -0.05) is 30.3 Å². The molecule has 0 N–H and O–H groups in total. The molecule has 0 atom stereocenters. The van der Waals surface area contributed by atoms with Gasteiger partial charge in [-0.2, -0.15) is 0 Å². The quantitative estimate of drug-likeness (QED) is 0.773. The predicted molar refractivity (Wildman–Crippen MR) is 72.9 cm³/mol. The van der Waals surface area contributed by atoms with Crippen molar-refractivity contribution in [3.8, 4) is 11.5 Å². The first-order valence-electron chi connectivity index (χ1n) is 6.17. The van der Waals surface area contributed by atoms with Crippen molar-refractivity contribution in [3.63, 3.8) is 0 Å². The molecule has 0 aromatic heterocycles. The van der Waals surface area contributed by atoms with Gasteiger partial charge in [0.2, 0.25) is 0 Å². The van der Waals surface area contributed by atoms with Crippen LogP contribution in [-0.4, -0.2) is 6.10 Å². The molecule has 0 radical (unpaired) electrons. The van der Waals surface area contributed by atoms with Crippen molar-refractivity contribution >= 4 is 0 Å². The summed E-state index contributed by atoms with van der Waals surface area (Å²) in [6.07, 6.45) is 0.240. The van der Waals surface area contributed by atoms with Gasteiger partial charge >= 0.3 is 0 Å². The average molecular weight is 242 g/mol. The Bertz CT molecular complexity index is 477. The lowest BCUT2D eigenvalue weighted by Gasteiger charge is -2.09. The summed E-state index contributed by atoms with van der Waals surface area (Å²) in [5.74, 6) is 1.69. The standard InChI is InChI=1S/C16H18O2/c1-13(2)17-12-14-7-6-10-16(11-14)18-15-8-4-3-5-9-15/h3-11,13H,12H2,1-2H3. The van der Waals surface area contributed by atoms with Crippen LogP contribution in [0.25, 0.3) is 0 Å². The second-order valence-electron chi connectivity index (χ2n) is 4.42. The first-order chi connectivity index (χ1) is 8.74. The van der Waals surface area contributed by atoms with Crippen molar-refractivity contribution in [1.82, 2.24) is 0 Å². The number of para-hydroxylation sites is 1. The van der Waals surface area contributed by atoms with Crippen LogP contribution in [0.5, 0.6) is 11.5 Å². The zero-order chi connectivity index (χ0) is 12.8. The van der Waals surface area contributed by atoms with Crippen LogP contribution in [-0.2, 0) is 11.3 Å². The van der Waals surface area contributed by atoms with Gasteiger partial charge in [0.1, 0.15) is 11.5 Å². The topological polar surface area (TPSA) is 18.5 Å². The fourth-order valence-electron chi connectivity index (χ4n) is 1.59. The van der Waals surface area contributed by atoms with Crippen molar-refractivity contribution in [2.45, 2.75) is 26.6 Å². The van der Waals surface area contributed by atoms with Gasteiger partial charge in [0.15, 0.2) is 0 Å². The van der Waals surface area contributed by atoms with Gasteiger partial charge in [-0.05, 0) is 43.7 Å². The third kappa shape index (κ3) is 3.90. The van der Waals surface area contributed by atoms with Gasteiger partial charge in [0, 0.05) is 0 Å². The number of hydrogen-bond donors (Lipinski definition) is 0. The van der Waals surface area contributed by atoms with Crippen LogP contribution in [0.3, 0.4) is 0 Å². The molecule has 0 spiro atoms. The summed E-state index contributed by atoms with van der Waals surface area (Å²) < 4.78 is 11.3. The number of ether oxygens (including phenoxy) is 2. The largest absolute Gasteiger partial charge is 0.457 e. The number of benzene rings is 2. The highest BCUT2D eigenvalue weighted by molar-refractivity contribution is 5.33. The van der Waals surface area contributed by atoms with Crippen molar-refractivity contribution in [2.24, 2.45) is 0 Å². The van der Waals surface area contributed by atoms with E-state index in [0.29, 0.717) is 6.61 Å². The van der Waals surface area contributed by atoms with E-state index in [0.717, 1.165) is 17.1 Å². The van der Waals surface area contributed by atoms with Crippen LogP contribution in [0.4, 0.5) is 0 Å². The average Bonchev–Trinajstić information content (AvgIpc) is 2.38. The lowest BCUT2D eigenvalue weighted by atomic mass is 10.2. The molecular weight excluding hydrogens is 224 g/mol. The first-order valence-corrected chi connectivity index (χ1v) is 6.17. The first kappa shape index (κ1) is 12.7. The Morgan fingerprint density at radius 2 is 1.61 bits per heavy atom. The maximum atomic E-state index is 5.77. The monoisotopic (exact) mass is 242 g/mol. The molecule has 0 bridgehead atoms. The second-order valence-corrected chi connectivity index (χ2v) is 4.42. The van der Waals surface area contributed by atoms with Crippen molar-refractivity contribution < 1.29 is 9.47 Å². The molecule has 0 unspecified atom stereocenters. The van der Waals surface area contributed by atoms with Gasteiger partial charge in [-0.15, -0.1) is 0 Å². The van der Waals surface area contributed by atoms with Gasteiger partial charge < -0.3 is 9.47 Å². The lowest BCUT2D eigenvalue weighted by Crippen LogP contribution is -2.02. The zero-order valence-electron chi connectivity index (χ0n) is 10.8. The van der Waals surface area contributed by atoms with E-state index >= 15 is 0 Å². The molecule has 2 nitrogen and oxygen atoms in total. The molecule has 2 aromatic rings. The molecule has 0 fully saturated rings. The molecule has 18 heavy (non-hydrogen) atoms. The second kappa shape index (κ2) is 6.22. The maximum absolute atomic E-state index is 5.77. The van der Waals surface area contributed by atoms with E-state index in [9.17, 15) is 0 Å². The van der Waals surface area contributed by atoms with Crippen LogP contribution in [0, 0.1) is 0 Å². The molecule has 94 valence electrons. The van der Waals surface area contributed by atoms with Crippen LogP contribution in [0.2, 0.25) is 0 Å². The molecule has 2 aromatic carbocycles. The van der Waals surface area contributed by atoms with Crippen molar-refractivity contribution in [2.75, 3.05) is 0 Å². The summed E-state index contributed by atoms with van der Waals surface area (Å²) >= 11 is 0. The highest BCUT2D eigenvalue weighted by Crippen LogP contribution is 2.22. The van der Waals surface area contributed by atoms with E-state index in [1.54, 1.807) is 0 Å². The van der Waals surface area contributed by atoms with Gasteiger partial charge in [0.05, 0.1) is 12.7 Å². The smallest absolute Gasteiger partial charge is 0.127 e.